The van der Waals surface area contributed by atoms with Gasteiger partial charge < -0.3 is 20.9 Å². The van der Waals surface area contributed by atoms with Crippen molar-refractivity contribution in [2.45, 2.75) is 26.9 Å². The molecule has 0 saturated heterocycles. The van der Waals surface area contributed by atoms with Crippen LogP contribution in [0.15, 0.2) is 18.2 Å². The molecule has 1 amide bonds. The first-order valence-corrected chi connectivity index (χ1v) is 6.87. The first kappa shape index (κ1) is 17.7. The summed E-state index contributed by atoms with van der Waals surface area (Å²) in [5, 5.41) is 12.3. The van der Waals surface area contributed by atoms with Crippen molar-refractivity contribution in [2.75, 3.05) is 19.4 Å². The van der Waals surface area contributed by atoms with E-state index < -0.39 is 0 Å². The summed E-state index contributed by atoms with van der Waals surface area (Å²) in [7, 11) is 1.48. The molecule has 0 heterocycles. The third-order valence-corrected chi connectivity index (χ3v) is 3.36. The smallest absolute Gasteiger partial charge is 0.246 e. The molecule has 1 aromatic rings. The van der Waals surface area contributed by atoms with E-state index in [1.165, 1.54) is 14.0 Å². The second kappa shape index (κ2) is 7.61. The number of rotatable bonds is 7. The number of nitrogens with two attached hydrogens (primary N) is 1. The fourth-order valence-electron chi connectivity index (χ4n) is 2.15. The summed E-state index contributed by atoms with van der Waals surface area (Å²) in [5.74, 6) is 0.0264. The number of amides is 1. The molecule has 0 bridgehead atoms. The van der Waals surface area contributed by atoms with Gasteiger partial charge in [-0.15, -0.1) is 0 Å². The first-order chi connectivity index (χ1) is 10.3. The van der Waals surface area contributed by atoms with Gasteiger partial charge in [0.25, 0.3) is 0 Å². The van der Waals surface area contributed by atoms with Crippen LogP contribution in [0, 0.1) is 0 Å². The zero-order valence-corrected chi connectivity index (χ0v) is 13.2. The number of ketones is 1. The van der Waals surface area contributed by atoms with Crippen molar-refractivity contribution in [3.8, 4) is 5.75 Å². The SMILES string of the molecule is C=C(C)C(=O)NCCc1c(OC)cc(C(C)=O)c(N)c1CO. The second-order valence-electron chi connectivity index (χ2n) is 5.00. The predicted octanol–water partition coefficient (Wildman–Crippen LogP) is 1.21. The van der Waals surface area contributed by atoms with E-state index in [2.05, 4.69) is 11.9 Å². The maximum atomic E-state index is 11.6. The number of hydrogen-bond donors (Lipinski definition) is 3. The molecule has 120 valence electrons. The summed E-state index contributed by atoms with van der Waals surface area (Å²) in [6, 6.07) is 1.56. The van der Waals surface area contributed by atoms with E-state index in [0.29, 0.717) is 41.0 Å². The highest BCUT2D eigenvalue weighted by Crippen LogP contribution is 2.31. The van der Waals surface area contributed by atoms with Crippen LogP contribution in [0.3, 0.4) is 0 Å². The molecular weight excluding hydrogens is 284 g/mol. The minimum Gasteiger partial charge on any atom is -0.496 e. The molecule has 0 aromatic heterocycles. The number of ether oxygens (including phenoxy) is 1. The number of carbonyl (C=O) groups is 2. The van der Waals surface area contributed by atoms with Gasteiger partial charge in [0.05, 0.1) is 13.7 Å². The molecule has 0 fully saturated rings. The number of nitrogens with one attached hydrogen (secondary N) is 1. The van der Waals surface area contributed by atoms with E-state index in [1.807, 2.05) is 0 Å². The molecule has 0 atom stereocenters. The van der Waals surface area contributed by atoms with Gasteiger partial charge in [0.1, 0.15) is 5.75 Å². The summed E-state index contributed by atoms with van der Waals surface area (Å²) in [5.41, 5.74) is 8.07. The molecule has 0 unspecified atom stereocenters. The summed E-state index contributed by atoms with van der Waals surface area (Å²) in [6.45, 7) is 6.61. The molecule has 6 nitrogen and oxygen atoms in total. The van der Waals surface area contributed by atoms with Gasteiger partial charge in [-0.1, -0.05) is 6.58 Å². The van der Waals surface area contributed by atoms with E-state index >= 15 is 0 Å². The van der Waals surface area contributed by atoms with Crippen molar-refractivity contribution < 1.29 is 19.4 Å². The van der Waals surface area contributed by atoms with Crippen LogP contribution in [-0.2, 0) is 17.8 Å². The minimum absolute atomic E-state index is 0.201. The van der Waals surface area contributed by atoms with Crippen molar-refractivity contribution in [3.63, 3.8) is 0 Å². The average molecular weight is 306 g/mol. The highest BCUT2D eigenvalue weighted by molar-refractivity contribution is 6.00. The Kier molecular flexibility index (Phi) is 6.12. The topological polar surface area (TPSA) is 102 Å². The lowest BCUT2D eigenvalue weighted by atomic mass is 9.96. The average Bonchev–Trinajstić information content (AvgIpc) is 2.46. The number of aliphatic hydroxyl groups excluding tert-OH is 1. The quantitative estimate of drug-likeness (QED) is 0.399. The van der Waals surface area contributed by atoms with Gasteiger partial charge in [-0.3, -0.25) is 9.59 Å². The Morgan fingerprint density at radius 2 is 2.00 bits per heavy atom. The molecule has 0 radical (unpaired) electrons. The Morgan fingerprint density at radius 3 is 2.45 bits per heavy atom. The number of hydrogen-bond acceptors (Lipinski definition) is 5. The second-order valence-corrected chi connectivity index (χ2v) is 5.00. The number of nitrogen functional groups attached to an aromatic ring is 1. The molecule has 0 aliphatic heterocycles. The van der Waals surface area contributed by atoms with Gasteiger partial charge in [-0.2, -0.15) is 0 Å². The Balaban J connectivity index is 3.12. The summed E-state index contributed by atoms with van der Waals surface area (Å²) >= 11 is 0. The molecular formula is C16H22N2O4. The summed E-state index contributed by atoms with van der Waals surface area (Å²) in [6.07, 6.45) is 0.417. The predicted molar refractivity (Wildman–Crippen MR) is 84.9 cm³/mol. The lowest BCUT2D eigenvalue weighted by Gasteiger charge is -2.17. The molecule has 0 saturated carbocycles. The zero-order valence-electron chi connectivity index (χ0n) is 13.2. The van der Waals surface area contributed by atoms with Gasteiger partial charge in [0, 0.05) is 34.5 Å². The number of carbonyl (C=O) groups excluding carboxylic acids is 2. The van der Waals surface area contributed by atoms with Crippen LogP contribution in [0.4, 0.5) is 5.69 Å². The van der Waals surface area contributed by atoms with Crippen molar-refractivity contribution in [1.82, 2.24) is 5.32 Å². The van der Waals surface area contributed by atoms with Gasteiger partial charge >= 0.3 is 0 Å². The third-order valence-electron chi connectivity index (χ3n) is 3.36. The minimum atomic E-state index is -0.312. The van der Waals surface area contributed by atoms with Crippen molar-refractivity contribution >= 4 is 17.4 Å². The van der Waals surface area contributed by atoms with Crippen LogP contribution in [0.2, 0.25) is 0 Å². The van der Waals surface area contributed by atoms with E-state index in [4.69, 9.17) is 10.5 Å². The van der Waals surface area contributed by atoms with Gasteiger partial charge in [0.2, 0.25) is 5.91 Å². The summed E-state index contributed by atoms with van der Waals surface area (Å²) in [4.78, 5) is 23.1. The van der Waals surface area contributed by atoms with Crippen LogP contribution in [-0.4, -0.2) is 30.5 Å². The highest BCUT2D eigenvalue weighted by atomic mass is 16.5. The Hall–Kier alpha value is -2.34. The molecule has 1 rings (SSSR count). The number of benzene rings is 1. The van der Waals surface area contributed by atoms with Crippen LogP contribution >= 0.6 is 0 Å². The Bertz CT molecular complexity index is 609. The molecule has 0 spiro atoms. The number of aliphatic hydroxyl groups is 1. The standard InChI is InChI=1S/C16H22N2O4/c1-9(2)16(21)18-6-5-11-13(8-19)15(17)12(10(3)20)7-14(11)22-4/h7,19H,1,5-6,8,17H2,2-4H3,(H,18,21). The summed E-state index contributed by atoms with van der Waals surface area (Å²) < 4.78 is 5.29. The maximum absolute atomic E-state index is 11.6. The fourth-order valence-corrected chi connectivity index (χ4v) is 2.15. The highest BCUT2D eigenvalue weighted by Gasteiger charge is 2.18. The Morgan fingerprint density at radius 1 is 1.36 bits per heavy atom. The number of Topliss-reactive ketones (excluding diaryl/α,β-unsaturated/α-hetero) is 1. The van der Waals surface area contributed by atoms with Crippen LogP contribution in [0.1, 0.15) is 35.3 Å². The van der Waals surface area contributed by atoms with Gasteiger partial charge in [-0.25, -0.2) is 0 Å². The lowest BCUT2D eigenvalue weighted by molar-refractivity contribution is -0.117. The van der Waals surface area contributed by atoms with Crippen LogP contribution < -0.4 is 15.8 Å². The first-order valence-electron chi connectivity index (χ1n) is 6.87. The van der Waals surface area contributed by atoms with E-state index in [-0.39, 0.29) is 24.0 Å². The van der Waals surface area contributed by atoms with Crippen molar-refractivity contribution in [2.24, 2.45) is 0 Å². The molecule has 0 aliphatic rings. The third kappa shape index (κ3) is 3.85. The molecule has 1 aromatic carbocycles. The number of anilines is 1. The Labute approximate surface area is 130 Å². The molecule has 4 N–H and O–H groups in total. The van der Waals surface area contributed by atoms with Gasteiger partial charge in [0.15, 0.2) is 5.78 Å². The fraction of sp³-hybridized carbons (Fsp3) is 0.375. The van der Waals surface area contributed by atoms with Crippen LogP contribution in [0.5, 0.6) is 5.75 Å². The van der Waals surface area contributed by atoms with E-state index in [1.54, 1.807) is 13.0 Å². The van der Waals surface area contributed by atoms with Crippen molar-refractivity contribution in [3.05, 3.63) is 34.9 Å². The molecule has 6 heteroatoms. The maximum Gasteiger partial charge on any atom is 0.246 e. The van der Waals surface area contributed by atoms with Gasteiger partial charge in [-0.05, 0) is 26.3 Å². The largest absolute Gasteiger partial charge is 0.496 e. The molecule has 0 aliphatic carbocycles. The van der Waals surface area contributed by atoms with Crippen molar-refractivity contribution in [1.29, 1.82) is 0 Å². The molecule has 22 heavy (non-hydrogen) atoms. The zero-order chi connectivity index (χ0) is 16.9. The lowest BCUT2D eigenvalue weighted by Crippen LogP contribution is -2.26. The van der Waals surface area contributed by atoms with E-state index in [0.717, 1.165) is 0 Å². The normalized spacial score (nSPS) is 10.2. The van der Waals surface area contributed by atoms with Crippen LogP contribution in [0.25, 0.3) is 0 Å². The van der Waals surface area contributed by atoms with E-state index in [9.17, 15) is 14.7 Å². The monoisotopic (exact) mass is 306 g/mol. The number of methoxy groups -OCH3 is 1.